The van der Waals surface area contributed by atoms with Crippen LogP contribution in [0.2, 0.25) is 0 Å². The van der Waals surface area contributed by atoms with Crippen molar-refractivity contribution in [2.24, 2.45) is 0 Å². The molecule has 2 fully saturated rings. The fourth-order valence-electron chi connectivity index (χ4n) is 2.71. The van der Waals surface area contributed by atoms with Gasteiger partial charge < -0.3 is 20.1 Å². The van der Waals surface area contributed by atoms with Gasteiger partial charge in [-0.1, -0.05) is 12.8 Å². The van der Waals surface area contributed by atoms with Gasteiger partial charge in [-0.15, -0.1) is 0 Å². The average molecular weight is 242 g/mol. The van der Waals surface area contributed by atoms with Crippen LogP contribution in [-0.2, 0) is 9.53 Å². The van der Waals surface area contributed by atoms with Crippen LogP contribution in [0.4, 0.5) is 0 Å². The van der Waals surface area contributed by atoms with Crippen LogP contribution in [0.3, 0.4) is 0 Å². The molecule has 0 aromatic rings. The zero-order valence-corrected chi connectivity index (χ0v) is 10.2. The van der Waals surface area contributed by atoms with Gasteiger partial charge in [0.05, 0.1) is 13.2 Å². The highest BCUT2D eigenvalue weighted by Gasteiger charge is 2.32. The number of amides is 1. The first-order valence-corrected chi connectivity index (χ1v) is 6.56. The van der Waals surface area contributed by atoms with Crippen molar-refractivity contribution in [3.05, 3.63) is 0 Å². The van der Waals surface area contributed by atoms with Gasteiger partial charge in [-0.25, -0.2) is 0 Å². The summed E-state index contributed by atoms with van der Waals surface area (Å²) < 4.78 is 5.49. The van der Waals surface area contributed by atoms with Gasteiger partial charge in [0, 0.05) is 25.7 Å². The molecule has 1 aliphatic heterocycles. The lowest BCUT2D eigenvalue weighted by atomic mass is 10.1. The van der Waals surface area contributed by atoms with Gasteiger partial charge in [-0.05, 0) is 12.8 Å². The van der Waals surface area contributed by atoms with Crippen LogP contribution >= 0.6 is 0 Å². The summed E-state index contributed by atoms with van der Waals surface area (Å²) in [5.41, 5.74) is 0. The van der Waals surface area contributed by atoms with Crippen molar-refractivity contribution < 1.29 is 14.6 Å². The molecule has 1 unspecified atom stereocenters. The van der Waals surface area contributed by atoms with E-state index in [0.29, 0.717) is 25.7 Å². The van der Waals surface area contributed by atoms with E-state index >= 15 is 0 Å². The summed E-state index contributed by atoms with van der Waals surface area (Å²) in [5.74, 6) is 0.0400. The molecule has 98 valence electrons. The first kappa shape index (κ1) is 12.8. The smallest absolute Gasteiger partial charge is 0.253 e. The molecule has 1 heterocycles. The van der Waals surface area contributed by atoms with Crippen LogP contribution in [0.5, 0.6) is 0 Å². The zero-order valence-electron chi connectivity index (χ0n) is 10.2. The Morgan fingerprint density at radius 3 is 2.76 bits per heavy atom. The van der Waals surface area contributed by atoms with E-state index in [9.17, 15) is 4.79 Å². The number of aliphatic hydroxyl groups excluding tert-OH is 1. The van der Waals surface area contributed by atoms with Crippen LogP contribution in [0, 0.1) is 0 Å². The summed E-state index contributed by atoms with van der Waals surface area (Å²) in [7, 11) is 0. The molecule has 2 aliphatic rings. The SMILES string of the molecule is O=C(C1CNCCO1)N(CCO)C1CCCC1. The second-order valence-corrected chi connectivity index (χ2v) is 4.76. The monoisotopic (exact) mass is 242 g/mol. The Labute approximate surface area is 102 Å². The standard InChI is InChI=1S/C12H22N2O3/c15-7-6-14(10-3-1-2-4-10)12(16)11-9-13-5-8-17-11/h10-11,13,15H,1-9H2. The highest BCUT2D eigenvalue weighted by Crippen LogP contribution is 2.24. The maximum Gasteiger partial charge on any atom is 0.253 e. The van der Waals surface area contributed by atoms with Gasteiger partial charge in [0.2, 0.25) is 0 Å². The Morgan fingerprint density at radius 1 is 1.41 bits per heavy atom. The molecule has 1 saturated carbocycles. The lowest BCUT2D eigenvalue weighted by Crippen LogP contribution is -2.52. The van der Waals surface area contributed by atoms with Crippen molar-refractivity contribution in [3.8, 4) is 0 Å². The minimum Gasteiger partial charge on any atom is -0.395 e. The van der Waals surface area contributed by atoms with Gasteiger partial charge in [-0.2, -0.15) is 0 Å². The van der Waals surface area contributed by atoms with Gasteiger partial charge in [-0.3, -0.25) is 4.79 Å². The van der Waals surface area contributed by atoms with E-state index in [-0.39, 0.29) is 18.6 Å². The molecule has 2 N–H and O–H groups in total. The quantitative estimate of drug-likeness (QED) is 0.713. The topological polar surface area (TPSA) is 61.8 Å². The van der Waals surface area contributed by atoms with Crippen LogP contribution in [-0.4, -0.2) is 60.9 Å². The number of morpholine rings is 1. The minimum atomic E-state index is -0.365. The van der Waals surface area contributed by atoms with Crippen molar-refractivity contribution in [2.45, 2.75) is 37.8 Å². The van der Waals surface area contributed by atoms with Crippen LogP contribution in [0.1, 0.15) is 25.7 Å². The summed E-state index contributed by atoms with van der Waals surface area (Å²) in [6, 6.07) is 0.306. The van der Waals surface area contributed by atoms with Crippen molar-refractivity contribution in [2.75, 3.05) is 32.8 Å². The first-order chi connectivity index (χ1) is 8.33. The minimum absolute atomic E-state index is 0.0301. The summed E-state index contributed by atoms with van der Waals surface area (Å²) in [6.45, 7) is 2.46. The third-order valence-corrected chi connectivity index (χ3v) is 3.59. The third kappa shape index (κ3) is 3.18. The molecule has 1 atom stereocenters. The maximum absolute atomic E-state index is 12.3. The predicted molar refractivity (Wildman–Crippen MR) is 63.7 cm³/mol. The predicted octanol–water partition coefficient (Wildman–Crippen LogP) is -0.262. The molecule has 0 radical (unpaired) electrons. The molecule has 2 rings (SSSR count). The van der Waals surface area contributed by atoms with Gasteiger partial charge in [0.25, 0.3) is 5.91 Å². The van der Waals surface area contributed by atoms with Gasteiger partial charge in [0.1, 0.15) is 6.10 Å². The molecular weight excluding hydrogens is 220 g/mol. The fourth-order valence-corrected chi connectivity index (χ4v) is 2.71. The Morgan fingerprint density at radius 2 is 2.18 bits per heavy atom. The van der Waals surface area contributed by atoms with Crippen molar-refractivity contribution in [3.63, 3.8) is 0 Å². The Hall–Kier alpha value is -0.650. The van der Waals surface area contributed by atoms with E-state index in [1.807, 2.05) is 4.90 Å². The van der Waals surface area contributed by atoms with E-state index in [1.54, 1.807) is 0 Å². The molecular formula is C12H22N2O3. The molecule has 0 spiro atoms. The van der Waals surface area contributed by atoms with Gasteiger partial charge in [0.15, 0.2) is 0 Å². The van der Waals surface area contributed by atoms with Gasteiger partial charge >= 0.3 is 0 Å². The molecule has 1 amide bonds. The second-order valence-electron chi connectivity index (χ2n) is 4.76. The maximum atomic E-state index is 12.3. The number of nitrogens with zero attached hydrogens (tertiary/aromatic N) is 1. The van der Waals surface area contributed by atoms with Crippen LogP contribution < -0.4 is 5.32 Å². The number of carbonyl (C=O) groups is 1. The van der Waals surface area contributed by atoms with E-state index in [1.165, 1.54) is 12.8 Å². The van der Waals surface area contributed by atoms with E-state index in [0.717, 1.165) is 19.4 Å². The largest absolute Gasteiger partial charge is 0.395 e. The lowest BCUT2D eigenvalue weighted by molar-refractivity contribution is -0.148. The van der Waals surface area contributed by atoms with Crippen molar-refractivity contribution >= 4 is 5.91 Å². The molecule has 1 saturated heterocycles. The van der Waals surface area contributed by atoms with E-state index < -0.39 is 0 Å². The number of nitrogens with one attached hydrogen (secondary N) is 1. The molecule has 0 bridgehead atoms. The number of hydrogen-bond donors (Lipinski definition) is 2. The number of aliphatic hydroxyl groups is 1. The Bertz CT molecular complexity index is 248. The normalized spacial score (nSPS) is 26.1. The second kappa shape index (κ2) is 6.33. The third-order valence-electron chi connectivity index (χ3n) is 3.59. The van der Waals surface area contributed by atoms with Crippen molar-refractivity contribution in [1.82, 2.24) is 10.2 Å². The Kier molecular flexibility index (Phi) is 4.76. The Balaban J connectivity index is 1.95. The van der Waals surface area contributed by atoms with E-state index in [2.05, 4.69) is 5.32 Å². The van der Waals surface area contributed by atoms with Crippen LogP contribution in [0.15, 0.2) is 0 Å². The molecule has 17 heavy (non-hydrogen) atoms. The summed E-state index contributed by atoms with van der Waals surface area (Å²) in [4.78, 5) is 14.1. The number of carbonyl (C=O) groups excluding carboxylic acids is 1. The average Bonchev–Trinajstić information content (AvgIpc) is 2.90. The molecule has 5 heteroatoms. The number of ether oxygens (including phenoxy) is 1. The molecule has 0 aromatic carbocycles. The van der Waals surface area contributed by atoms with Crippen LogP contribution in [0.25, 0.3) is 0 Å². The number of rotatable bonds is 4. The highest BCUT2D eigenvalue weighted by atomic mass is 16.5. The highest BCUT2D eigenvalue weighted by molar-refractivity contribution is 5.81. The first-order valence-electron chi connectivity index (χ1n) is 6.56. The van der Waals surface area contributed by atoms with Crippen molar-refractivity contribution in [1.29, 1.82) is 0 Å². The lowest BCUT2D eigenvalue weighted by Gasteiger charge is -2.33. The summed E-state index contributed by atoms with van der Waals surface area (Å²) >= 11 is 0. The fraction of sp³-hybridized carbons (Fsp3) is 0.917. The zero-order chi connectivity index (χ0) is 12.1. The molecule has 5 nitrogen and oxygen atoms in total. The van der Waals surface area contributed by atoms with E-state index in [4.69, 9.17) is 9.84 Å². The molecule has 0 aromatic heterocycles. The summed E-state index contributed by atoms with van der Waals surface area (Å²) in [6.07, 6.45) is 4.13. The number of hydrogen-bond acceptors (Lipinski definition) is 4. The molecule has 1 aliphatic carbocycles. The summed E-state index contributed by atoms with van der Waals surface area (Å²) in [5, 5.41) is 12.3.